The van der Waals surface area contributed by atoms with E-state index in [-0.39, 0.29) is 0 Å². The molecule has 0 atom stereocenters. The van der Waals surface area contributed by atoms with Crippen LogP contribution >= 0.6 is 11.6 Å². The van der Waals surface area contributed by atoms with Crippen LogP contribution in [0.5, 0.6) is 0 Å². The number of halogens is 1. The first-order valence-corrected chi connectivity index (χ1v) is 5.63. The summed E-state index contributed by atoms with van der Waals surface area (Å²) in [7, 11) is 0. The molecule has 0 radical (unpaired) electrons. The fraction of sp³-hybridized carbons (Fsp3) is 0.0714. The lowest BCUT2D eigenvalue weighted by Crippen LogP contribution is -2.22. The topological polar surface area (TPSA) is 4.10 Å². The van der Waals surface area contributed by atoms with E-state index in [9.17, 15) is 0 Å². The van der Waals surface area contributed by atoms with E-state index in [2.05, 4.69) is 35.7 Å². The third-order valence-corrected chi connectivity index (χ3v) is 3.22. The number of pyridine rings is 2. The van der Waals surface area contributed by atoms with Crippen molar-refractivity contribution in [3.05, 3.63) is 59.2 Å². The van der Waals surface area contributed by atoms with Crippen molar-refractivity contribution in [3.8, 4) is 0 Å². The molecule has 0 saturated heterocycles. The van der Waals surface area contributed by atoms with Gasteiger partial charge in [0.2, 0.25) is 11.0 Å². The Morgan fingerprint density at radius 1 is 1.06 bits per heavy atom. The summed E-state index contributed by atoms with van der Waals surface area (Å²) in [5.74, 6) is 0. The lowest BCUT2D eigenvalue weighted by molar-refractivity contribution is -0.481. The summed E-state index contributed by atoms with van der Waals surface area (Å²) in [6.45, 7) is 2.10. The number of benzene rings is 1. The fourth-order valence-corrected chi connectivity index (χ4v) is 2.51. The molecule has 0 saturated carbocycles. The molecule has 0 bridgehead atoms. The second-order valence-electron chi connectivity index (χ2n) is 3.96. The Kier molecular flexibility index (Phi) is 2.08. The zero-order valence-electron chi connectivity index (χ0n) is 8.94. The Labute approximate surface area is 98.9 Å². The second-order valence-corrected chi connectivity index (χ2v) is 4.36. The van der Waals surface area contributed by atoms with Crippen LogP contribution in [0.1, 0.15) is 5.56 Å². The van der Waals surface area contributed by atoms with Gasteiger partial charge in [-0.1, -0.05) is 17.7 Å². The summed E-state index contributed by atoms with van der Waals surface area (Å²) in [4.78, 5) is 0. The molecule has 0 aliphatic heterocycles. The first kappa shape index (κ1) is 9.61. The molecule has 0 spiro atoms. The fourth-order valence-electron chi connectivity index (χ4n) is 2.19. The van der Waals surface area contributed by atoms with E-state index >= 15 is 0 Å². The van der Waals surface area contributed by atoms with Crippen LogP contribution in [-0.2, 0) is 0 Å². The van der Waals surface area contributed by atoms with Crippen LogP contribution in [0.25, 0.3) is 16.4 Å². The minimum atomic E-state index is 0.813. The summed E-state index contributed by atoms with van der Waals surface area (Å²) >= 11 is 6.25. The number of hydrogen-bond donors (Lipinski definition) is 0. The van der Waals surface area contributed by atoms with E-state index in [1.165, 1.54) is 11.1 Å². The maximum absolute atomic E-state index is 6.25. The van der Waals surface area contributed by atoms with Crippen molar-refractivity contribution in [2.24, 2.45) is 0 Å². The lowest BCUT2D eigenvalue weighted by atomic mass is 10.1. The number of rotatable bonds is 0. The molecule has 78 valence electrons. The highest BCUT2D eigenvalue weighted by Gasteiger charge is 2.12. The van der Waals surface area contributed by atoms with Crippen LogP contribution in [0.15, 0.2) is 48.7 Å². The predicted octanol–water partition coefficient (Wildman–Crippen LogP) is 3.54. The smallest absolute Gasteiger partial charge is 0.160 e. The maximum Gasteiger partial charge on any atom is 0.220 e. The van der Waals surface area contributed by atoms with Crippen LogP contribution in [0, 0.1) is 6.92 Å². The van der Waals surface area contributed by atoms with Crippen LogP contribution in [0.2, 0.25) is 5.02 Å². The molecule has 0 unspecified atom stereocenters. The van der Waals surface area contributed by atoms with E-state index in [4.69, 9.17) is 11.6 Å². The number of aromatic nitrogens is 1. The highest BCUT2D eigenvalue weighted by atomic mass is 35.5. The SMILES string of the molecule is Cc1cc2cccc[n+]2c2cccc(Cl)c12. The molecule has 0 fully saturated rings. The normalized spacial score (nSPS) is 11.1. The van der Waals surface area contributed by atoms with Crippen molar-refractivity contribution >= 4 is 28.0 Å². The third kappa shape index (κ3) is 1.29. The molecule has 16 heavy (non-hydrogen) atoms. The average Bonchev–Trinajstić information content (AvgIpc) is 2.29. The van der Waals surface area contributed by atoms with Gasteiger partial charge in [0.1, 0.15) is 0 Å². The van der Waals surface area contributed by atoms with E-state index in [1.807, 2.05) is 24.3 Å². The lowest BCUT2D eigenvalue weighted by Gasteiger charge is -2.02. The van der Waals surface area contributed by atoms with Gasteiger partial charge in [-0.2, -0.15) is 4.40 Å². The van der Waals surface area contributed by atoms with Crippen molar-refractivity contribution in [2.75, 3.05) is 0 Å². The van der Waals surface area contributed by atoms with Gasteiger partial charge in [-0.25, -0.2) is 0 Å². The van der Waals surface area contributed by atoms with Crippen LogP contribution in [0.4, 0.5) is 0 Å². The van der Waals surface area contributed by atoms with E-state index in [1.54, 1.807) is 0 Å². The summed E-state index contributed by atoms with van der Waals surface area (Å²) in [5, 5.41) is 1.95. The van der Waals surface area contributed by atoms with Crippen molar-refractivity contribution in [1.29, 1.82) is 0 Å². The van der Waals surface area contributed by atoms with Gasteiger partial charge < -0.3 is 0 Å². The molecule has 2 heteroatoms. The standard InChI is InChI=1S/C14H11ClN/c1-10-9-11-5-2-3-8-16(11)13-7-4-6-12(15)14(10)13/h2-9H,1H3/q+1. The monoisotopic (exact) mass is 228 g/mol. The third-order valence-electron chi connectivity index (χ3n) is 2.90. The number of hydrogen-bond acceptors (Lipinski definition) is 0. The Morgan fingerprint density at radius 2 is 1.94 bits per heavy atom. The molecule has 2 heterocycles. The Bertz CT molecular complexity index is 689. The second kappa shape index (κ2) is 3.46. The molecule has 1 nitrogen and oxygen atoms in total. The van der Waals surface area contributed by atoms with E-state index in [0.717, 1.165) is 15.9 Å². The van der Waals surface area contributed by atoms with Crippen LogP contribution in [-0.4, -0.2) is 0 Å². The summed E-state index contributed by atoms with van der Waals surface area (Å²) in [5.41, 5.74) is 3.56. The molecule has 3 aromatic rings. The van der Waals surface area contributed by atoms with Crippen molar-refractivity contribution in [1.82, 2.24) is 0 Å². The number of nitrogens with zero attached hydrogens (tertiary/aromatic N) is 1. The van der Waals surface area contributed by atoms with Gasteiger partial charge in [0.05, 0.1) is 10.4 Å². The quantitative estimate of drug-likeness (QED) is 0.409. The maximum atomic E-state index is 6.25. The van der Waals surface area contributed by atoms with Gasteiger partial charge in [0, 0.05) is 24.3 Å². The molecule has 1 aromatic carbocycles. The number of fused-ring (bicyclic) bond motifs is 3. The van der Waals surface area contributed by atoms with Crippen molar-refractivity contribution in [2.45, 2.75) is 6.92 Å². The highest BCUT2D eigenvalue weighted by molar-refractivity contribution is 6.35. The molecular weight excluding hydrogens is 218 g/mol. The Balaban J connectivity index is 2.65. The first-order chi connectivity index (χ1) is 7.77. The molecule has 0 amide bonds. The van der Waals surface area contributed by atoms with Crippen LogP contribution < -0.4 is 4.40 Å². The molecular formula is C14H11ClN+. The van der Waals surface area contributed by atoms with Crippen molar-refractivity contribution < 1.29 is 4.40 Å². The predicted molar refractivity (Wildman–Crippen MR) is 66.9 cm³/mol. The minimum absolute atomic E-state index is 0.813. The van der Waals surface area contributed by atoms with Gasteiger partial charge in [-0.3, -0.25) is 0 Å². The van der Waals surface area contributed by atoms with Gasteiger partial charge in [-0.05, 0) is 24.6 Å². The zero-order valence-corrected chi connectivity index (χ0v) is 9.70. The van der Waals surface area contributed by atoms with Crippen LogP contribution in [0.3, 0.4) is 0 Å². The van der Waals surface area contributed by atoms with E-state index < -0.39 is 0 Å². The zero-order chi connectivity index (χ0) is 11.1. The molecule has 0 N–H and O–H groups in total. The minimum Gasteiger partial charge on any atom is -0.160 e. The van der Waals surface area contributed by atoms with Gasteiger partial charge in [0.15, 0.2) is 6.20 Å². The van der Waals surface area contributed by atoms with Gasteiger partial charge >= 0.3 is 0 Å². The highest BCUT2D eigenvalue weighted by Crippen LogP contribution is 2.24. The first-order valence-electron chi connectivity index (χ1n) is 5.25. The molecule has 0 aliphatic carbocycles. The number of aryl methyl sites for hydroxylation is 1. The summed E-state index contributed by atoms with van der Waals surface area (Å²) in [6, 6.07) is 14.4. The molecule has 3 rings (SSSR count). The molecule has 2 aromatic heterocycles. The van der Waals surface area contributed by atoms with Crippen molar-refractivity contribution in [3.63, 3.8) is 0 Å². The Morgan fingerprint density at radius 3 is 2.81 bits per heavy atom. The molecule has 0 aliphatic rings. The van der Waals surface area contributed by atoms with E-state index in [0.29, 0.717) is 0 Å². The largest absolute Gasteiger partial charge is 0.220 e. The Hall–Kier alpha value is -1.60. The van der Waals surface area contributed by atoms with Gasteiger partial charge in [0.25, 0.3) is 0 Å². The average molecular weight is 229 g/mol. The summed E-state index contributed by atoms with van der Waals surface area (Å²) in [6.07, 6.45) is 2.06. The van der Waals surface area contributed by atoms with Gasteiger partial charge in [-0.15, -0.1) is 0 Å². The summed E-state index contributed by atoms with van der Waals surface area (Å²) < 4.78 is 2.16.